The Morgan fingerprint density at radius 3 is 2.56 bits per heavy atom. The van der Waals surface area contributed by atoms with Gasteiger partial charge in [-0.2, -0.15) is 0 Å². The van der Waals surface area contributed by atoms with E-state index in [0.29, 0.717) is 6.54 Å². The molecule has 1 saturated heterocycles. The topological polar surface area (TPSA) is 113 Å². The van der Waals surface area contributed by atoms with Crippen LogP contribution in [0.3, 0.4) is 0 Å². The number of nitrogens with two attached hydrogens (primary N) is 1. The van der Waals surface area contributed by atoms with Crippen LogP contribution in [0, 0.1) is 5.92 Å². The molecular weight excluding hydrogens is 238 g/mol. The molecule has 1 aliphatic rings. The first-order valence-electron chi connectivity index (χ1n) is 5.97. The Kier molecular flexibility index (Phi) is 4.52. The minimum atomic E-state index is -1.27. The second-order valence-corrected chi connectivity index (χ2v) is 4.51. The summed E-state index contributed by atoms with van der Waals surface area (Å²) < 4.78 is 0. The molecule has 0 bridgehead atoms. The molecule has 102 valence electrons. The lowest BCUT2D eigenvalue weighted by atomic mass is 9.97. The van der Waals surface area contributed by atoms with Crippen LogP contribution in [-0.4, -0.2) is 46.5 Å². The summed E-state index contributed by atoms with van der Waals surface area (Å²) >= 11 is 0. The van der Waals surface area contributed by atoms with Crippen molar-refractivity contribution in [3.8, 4) is 0 Å². The summed E-state index contributed by atoms with van der Waals surface area (Å²) in [6, 6.07) is -1.50. The van der Waals surface area contributed by atoms with E-state index in [1.807, 2.05) is 6.92 Å². The Morgan fingerprint density at radius 2 is 2.11 bits per heavy atom. The molecule has 1 aliphatic heterocycles. The molecule has 4 N–H and O–H groups in total. The number of carbonyl (C=O) groups is 3. The van der Waals surface area contributed by atoms with Crippen molar-refractivity contribution in [3.63, 3.8) is 0 Å². The molecule has 0 aromatic heterocycles. The largest absolute Gasteiger partial charge is 0.465 e. The van der Waals surface area contributed by atoms with E-state index in [2.05, 4.69) is 5.32 Å². The normalized spacial score (nSPS) is 24.7. The number of amides is 3. The van der Waals surface area contributed by atoms with Crippen LogP contribution < -0.4 is 11.1 Å². The minimum Gasteiger partial charge on any atom is -0.465 e. The van der Waals surface area contributed by atoms with Gasteiger partial charge in [0.1, 0.15) is 12.1 Å². The Labute approximate surface area is 105 Å². The monoisotopic (exact) mass is 257 g/mol. The lowest BCUT2D eigenvalue weighted by molar-refractivity contribution is -0.139. The fraction of sp³-hybridized carbons (Fsp3) is 0.727. The van der Waals surface area contributed by atoms with Crippen LogP contribution in [-0.2, 0) is 9.59 Å². The summed E-state index contributed by atoms with van der Waals surface area (Å²) in [6.45, 7) is 3.83. The molecular formula is C11H19N3O4. The van der Waals surface area contributed by atoms with Gasteiger partial charge in [0.25, 0.3) is 0 Å². The van der Waals surface area contributed by atoms with Crippen molar-refractivity contribution < 1.29 is 19.5 Å². The smallest absolute Gasteiger partial charge is 0.405 e. The van der Waals surface area contributed by atoms with Crippen molar-refractivity contribution in [3.05, 3.63) is 0 Å². The highest BCUT2D eigenvalue weighted by atomic mass is 16.4. The van der Waals surface area contributed by atoms with Gasteiger partial charge in [-0.25, -0.2) is 4.79 Å². The van der Waals surface area contributed by atoms with Gasteiger partial charge >= 0.3 is 6.09 Å². The molecule has 0 unspecified atom stereocenters. The highest BCUT2D eigenvalue weighted by molar-refractivity contribution is 5.91. The summed E-state index contributed by atoms with van der Waals surface area (Å²) in [5, 5.41) is 10.7. The summed E-state index contributed by atoms with van der Waals surface area (Å²) in [5.41, 5.74) is 5.32. The number of nitrogens with zero attached hydrogens (tertiary/aromatic N) is 1. The fourth-order valence-corrected chi connectivity index (χ4v) is 2.41. The number of carboxylic acid groups (broad SMARTS) is 1. The number of rotatable bonds is 4. The summed E-state index contributed by atoms with van der Waals surface area (Å²) in [4.78, 5) is 35.3. The maximum absolute atomic E-state index is 12.0. The zero-order chi connectivity index (χ0) is 13.9. The third-order valence-corrected chi connectivity index (χ3v) is 3.33. The van der Waals surface area contributed by atoms with Crippen LogP contribution >= 0.6 is 0 Å². The van der Waals surface area contributed by atoms with Crippen molar-refractivity contribution in [2.24, 2.45) is 11.7 Å². The van der Waals surface area contributed by atoms with Crippen LogP contribution in [0.1, 0.15) is 26.7 Å². The molecule has 0 radical (unpaired) electrons. The van der Waals surface area contributed by atoms with E-state index in [1.165, 1.54) is 11.8 Å². The van der Waals surface area contributed by atoms with Crippen LogP contribution in [0.15, 0.2) is 0 Å². The molecule has 3 atom stereocenters. The average molecular weight is 257 g/mol. The average Bonchev–Trinajstić information content (AvgIpc) is 2.70. The van der Waals surface area contributed by atoms with Gasteiger partial charge in [-0.3, -0.25) is 9.59 Å². The van der Waals surface area contributed by atoms with Gasteiger partial charge < -0.3 is 21.1 Å². The number of primary amides is 1. The maximum atomic E-state index is 12.0. The van der Waals surface area contributed by atoms with Crippen molar-refractivity contribution in [2.75, 3.05) is 6.54 Å². The number of likely N-dealkylation sites (tertiary alicyclic amines) is 1. The van der Waals surface area contributed by atoms with Crippen LogP contribution in [0.25, 0.3) is 0 Å². The van der Waals surface area contributed by atoms with E-state index in [9.17, 15) is 14.4 Å². The zero-order valence-corrected chi connectivity index (χ0v) is 10.5. The Balaban J connectivity index is 2.78. The van der Waals surface area contributed by atoms with Gasteiger partial charge in [0.15, 0.2) is 0 Å². The van der Waals surface area contributed by atoms with Gasteiger partial charge in [0.2, 0.25) is 11.8 Å². The van der Waals surface area contributed by atoms with Gasteiger partial charge in [-0.15, -0.1) is 0 Å². The van der Waals surface area contributed by atoms with Crippen molar-refractivity contribution in [2.45, 2.75) is 38.8 Å². The van der Waals surface area contributed by atoms with Crippen molar-refractivity contribution in [1.29, 1.82) is 0 Å². The predicted molar refractivity (Wildman–Crippen MR) is 63.7 cm³/mol. The van der Waals surface area contributed by atoms with E-state index in [1.54, 1.807) is 0 Å². The summed E-state index contributed by atoms with van der Waals surface area (Å²) in [7, 11) is 0. The highest BCUT2D eigenvalue weighted by Gasteiger charge is 2.41. The SMILES string of the molecule is CC[C@@H]1CCN(C(=O)[C@H](C)NC(=O)O)[C@@H]1C(N)=O. The van der Waals surface area contributed by atoms with E-state index >= 15 is 0 Å². The number of nitrogens with one attached hydrogen (secondary N) is 1. The second kappa shape index (κ2) is 5.70. The fourth-order valence-electron chi connectivity index (χ4n) is 2.41. The molecule has 0 saturated carbocycles. The van der Waals surface area contributed by atoms with E-state index < -0.39 is 30.0 Å². The lowest BCUT2D eigenvalue weighted by Crippen LogP contribution is -2.52. The first-order chi connectivity index (χ1) is 8.38. The molecule has 0 aromatic rings. The molecule has 3 amide bonds. The standard InChI is InChI=1S/C11H19N3O4/c1-3-7-4-5-14(8(7)9(12)15)10(16)6(2)13-11(17)18/h6-8,13H,3-5H2,1-2H3,(H2,12,15)(H,17,18)/t6-,7+,8-/m0/s1. The van der Waals surface area contributed by atoms with E-state index in [0.717, 1.165) is 12.8 Å². The first-order valence-corrected chi connectivity index (χ1v) is 5.97. The summed E-state index contributed by atoms with van der Waals surface area (Å²) in [5.74, 6) is -0.879. The number of hydrogen-bond acceptors (Lipinski definition) is 3. The molecule has 0 aliphatic carbocycles. The molecule has 1 fully saturated rings. The highest BCUT2D eigenvalue weighted by Crippen LogP contribution is 2.27. The van der Waals surface area contributed by atoms with Gasteiger partial charge in [-0.1, -0.05) is 13.3 Å². The zero-order valence-electron chi connectivity index (χ0n) is 10.5. The second-order valence-electron chi connectivity index (χ2n) is 4.51. The lowest BCUT2D eigenvalue weighted by Gasteiger charge is -2.27. The molecule has 0 aromatic carbocycles. The van der Waals surface area contributed by atoms with Crippen LogP contribution in [0.5, 0.6) is 0 Å². The number of carbonyl (C=O) groups excluding carboxylic acids is 2. The van der Waals surface area contributed by atoms with Crippen molar-refractivity contribution >= 4 is 17.9 Å². The molecule has 1 heterocycles. The van der Waals surface area contributed by atoms with Gasteiger partial charge in [-0.05, 0) is 19.3 Å². The Hall–Kier alpha value is -1.79. The van der Waals surface area contributed by atoms with Gasteiger partial charge in [0.05, 0.1) is 0 Å². The van der Waals surface area contributed by atoms with E-state index in [-0.39, 0.29) is 5.92 Å². The Morgan fingerprint density at radius 1 is 1.50 bits per heavy atom. The van der Waals surface area contributed by atoms with Gasteiger partial charge in [0, 0.05) is 6.54 Å². The third kappa shape index (κ3) is 2.91. The van der Waals surface area contributed by atoms with E-state index in [4.69, 9.17) is 10.8 Å². The first kappa shape index (κ1) is 14.3. The quantitative estimate of drug-likeness (QED) is 0.644. The maximum Gasteiger partial charge on any atom is 0.405 e. The molecule has 1 rings (SSSR count). The molecule has 0 spiro atoms. The molecule has 7 nitrogen and oxygen atoms in total. The minimum absolute atomic E-state index is 0.0588. The number of hydrogen-bond donors (Lipinski definition) is 3. The summed E-state index contributed by atoms with van der Waals surface area (Å²) in [6.07, 6.45) is 0.214. The van der Waals surface area contributed by atoms with Crippen LogP contribution in [0.4, 0.5) is 4.79 Å². The van der Waals surface area contributed by atoms with Crippen molar-refractivity contribution in [1.82, 2.24) is 10.2 Å². The predicted octanol–water partition coefficient (Wildman–Crippen LogP) is -0.245. The van der Waals surface area contributed by atoms with Crippen LogP contribution in [0.2, 0.25) is 0 Å². The molecule has 7 heteroatoms. The molecule has 18 heavy (non-hydrogen) atoms. The Bertz CT molecular complexity index is 358. The third-order valence-electron chi connectivity index (χ3n) is 3.33.